The molecule has 2 nitrogen and oxygen atoms in total. The first-order valence-corrected chi connectivity index (χ1v) is 6.95. The molecule has 18 heavy (non-hydrogen) atoms. The molecule has 1 N–H and O–H groups in total. The standard InChI is InChI=1S/C15H22ClNO/c1-4-15(3,11-16)17-14(18)9-8-13-7-5-6-12(2)10-13/h5-7,10H,4,8-9,11H2,1-3H3,(H,17,18). The van der Waals surface area contributed by atoms with E-state index in [2.05, 4.69) is 30.4 Å². The van der Waals surface area contributed by atoms with Gasteiger partial charge in [-0.25, -0.2) is 0 Å². The summed E-state index contributed by atoms with van der Waals surface area (Å²) >= 11 is 5.88. The molecule has 1 unspecified atom stereocenters. The van der Waals surface area contributed by atoms with E-state index < -0.39 is 0 Å². The molecule has 0 saturated heterocycles. The average molecular weight is 268 g/mol. The third-order valence-corrected chi connectivity index (χ3v) is 3.83. The first-order valence-electron chi connectivity index (χ1n) is 6.41. The van der Waals surface area contributed by atoms with Gasteiger partial charge in [0.1, 0.15) is 0 Å². The van der Waals surface area contributed by atoms with Crippen molar-refractivity contribution in [3.8, 4) is 0 Å². The number of aryl methyl sites for hydroxylation is 2. The Hall–Kier alpha value is -1.02. The topological polar surface area (TPSA) is 29.1 Å². The van der Waals surface area contributed by atoms with Crippen LogP contribution in [0.4, 0.5) is 0 Å². The summed E-state index contributed by atoms with van der Waals surface area (Å²) in [5, 5.41) is 3.01. The van der Waals surface area contributed by atoms with Crippen molar-refractivity contribution in [2.75, 3.05) is 5.88 Å². The Morgan fingerprint density at radius 1 is 1.44 bits per heavy atom. The van der Waals surface area contributed by atoms with E-state index in [1.165, 1.54) is 11.1 Å². The lowest BCUT2D eigenvalue weighted by molar-refractivity contribution is -0.122. The Kier molecular flexibility index (Phi) is 5.67. The van der Waals surface area contributed by atoms with Crippen LogP contribution in [0.15, 0.2) is 24.3 Å². The smallest absolute Gasteiger partial charge is 0.220 e. The summed E-state index contributed by atoms with van der Waals surface area (Å²) in [6.07, 6.45) is 2.12. The van der Waals surface area contributed by atoms with E-state index in [0.717, 1.165) is 12.8 Å². The number of nitrogens with one attached hydrogen (secondary N) is 1. The highest BCUT2D eigenvalue weighted by Gasteiger charge is 2.22. The zero-order valence-corrected chi connectivity index (χ0v) is 12.2. The molecule has 1 amide bonds. The second kappa shape index (κ2) is 6.79. The van der Waals surface area contributed by atoms with E-state index in [1.807, 2.05) is 19.9 Å². The molecule has 1 aromatic carbocycles. The molecule has 0 aliphatic rings. The van der Waals surface area contributed by atoms with E-state index in [4.69, 9.17) is 11.6 Å². The number of rotatable bonds is 6. The summed E-state index contributed by atoms with van der Waals surface area (Å²) in [6, 6.07) is 8.26. The molecule has 0 radical (unpaired) electrons. The van der Waals surface area contributed by atoms with Crippen LogP contribution < -0.4 is 5.32 Å². The summed E-state index contributed by atoms with van der Waals surface area (Å²) in [7, 11) is 0. The van der Waals surface area contributed by atoms with Crippen LogP contribution in [0.3, 0.4) is 0 Å². The van der Waals surface area contributed by atoms with Crippen molar-refractivity contribution in [3.63, 3.8) is 0 Å². The molecular formula is C15H22ClNO. The lowest BCUT2D eigenvalue weighted by Gasteiger charge is -2.27. The van der Waals surface area contributed by atoms with Crippen LogP contribution in [-0.2, 0) is 11.2 Å². The van der Waals surface area contributed by atoms with Gasteiger partial charge in [0, 0.05) is 12.3 Å². The van der Waals surface area contributed by atoms with Gasteiger partial charge in [0.15, 0.2) is 0 Å². The van der Waals surface area contributed by atoms with Crippen molar-refractivity contribution in [1.82, 2.24) is 5.32 Å². The fourth-order valence-corrected chi connectivity index (χ4v) is 2.00. The maximum absolute atomic E-state index is 11.9. The lowest BCUT2D eigenvalue weighted by atomic mass is 10.0. The third-order valence-electron chi connectivity index (χ3n) is 3.24. The fourth-order valence-electron chi connectivity index (χ4n) is 1.74. The maximum Gasteiger partial charge on any atom is 0.220 e. The van der Waals surface area contributed by atoms with Gasteiger partial charge in [0.05, 0.1) is 5.54 Å². The Morgan fingerprint density at radius 3 is 2.72 bits per heavy atom. The van der Waals surface area contributed by atoms with E-state index in [9.17, 15) is 4.79 Å². The molecule has 100 valence electrons. The molecule has 0 spiro atoms. The number of hydrogen-bond acceptors (Lipinski definition) is 1. The third kappa shape index (κ3) is 4.69. The van der Waals surface area contributed by atoms with Crippen LogP contribution in [-0.4, -0.2) is 17.3 Å². The van der Waals surface area contributed by atoms with Crippen molar-refractivity contribution in [1.29, 1.82) is 0 Å². The van der Waals surface area contributed by atoms with E-state index in [0.29, 0.717) is 12.3 Å². The lowest BCUT2D eigenvalue weighted by Crippen LogP contribution is -2.47. The monoisotopic (exact) mass is 267 g/mol. The highest BCUT2D eigenvalue weighted by molar-refractivity contribution is 6.18. The van der Waals surface area contributed by atoms with Gasteiger partial charge in [-0.1, -0.05) is 36.8 Å². The molecule has 1 rings (SSSR count). The van der Waals surface area contributed by atoms with Gasteiger partial charge < -0.3 is 5.32 Å². The number of benzene rings is 1. The number of carbonyl (C=O) groups is 1. The largest absolute Gasteiger partial charge is 0.350 e. The minimum atomic E-state index is -0.286. The summed E-state index contributed by atoms with van der Waals surface area (Å²) < 4.78 is 0. The zero-order valence-electron chi connectivity index (χ0n) is 11.4. The Balaban J connectivity index is 2.47. The van der Waals surface area contributed by atoms with E-state index in [-0.39, 0.29) is 11.4 Å². The predicted molar refractivity (Wildman–Crippen MR) is 77.1 cm³/mol. The van der Waals surface area contributed by atoms with Crippen molar-refractivity contribution < 1.29 is 4.79 Å². The van der Waals surface area contributed by atoms with Gasteiger partial charge in [-0.2, -0.15) is 0 Å². The summed E-state index contributed by atoms with van der Waals surface area (Å²) in [6.45, 7) is 6.07. The number of carbonyl (C=O) groups excluding carboxylic acids is 1. The minimum Gasteiger partial charge on any atom is -0.350 e. The molecule has 0 fully saturated rings. The molecule has 0 aromatic heterocycles. The molecule has 1 aromatic rings. The van der Waals surface area contributed by atoms with Crippen molar-refractivity contribution in [3.05, 3.63) is 35.4 Å². The molecule has 1 atom stereocenters. The minimum absolute atomic E-state index is 0.0708. The van der Waals surface area contributed by atoms with Crippen LogP contribution in [0.5, 0.6) is 0 Å². The Labute approximate surface area is 115 Å². The van der Waals surface area contributed by atoms with Crippen LogP contribution in [0.25, 0.3) is 0 Å². The highest BCUT2D eigenvalue weighted by Crippen LogP contribution is 2.12. The van der Waals surface area contributed by atoms with Gasteiger partial charge in [-0.05, 0) is 32.3 Å². The summed E-state index contributed by atoms with van der Waals surface area (Å²) in [4.78, 5) is 11.9. The maximum atomic E-state index is 11.9. The second-order valence-corrected chi connectivity index (χ2v) is 5.35. The van der Waals surface area contributed by atoms with Crippen LogP contribution in [0.2, 0.25) is 0 Å². The molecule has 0 aliphatic heterocycles. The van der Waals surface area contributed by atoms with Gasteiger partial charge in [-0.15, -0.1) is 11.6 Å². The quantitative estimate of drug-likeness (QED) is 0.786. The fraction of sp³-hybridized carbons (Fsp3) is 0.533. The summed E-state index contributed by atoms with van der Waals surface area (Å²) in [5.41, 5.74) is 2.15. The van der Waals surface area contributed by atoms with Gasteiger partial charge in [0.2, 0.25) is 5.91 Å². The first kappa shape index (κ1) is 15.0. The zero-order chi connectivity index (χ0) is 13.6. The molecule has 0 aliphatic carbocycles. The molecule has 3 heteroatoms. The number of hydrogen-bond donors (Lipinski definition) is 1. The van der Waals surface area contributed by atoms with Gasteiger partial charge >= 0.3 is 0 Å². The molecular weight excluding hydrogens is 246 g/mol. The average Bonchev–Trinajstić information content (AvgIpc) is 2.36. The molecule has 0 bridgehead atoms. The highest BCUT2D eigenvalue weighted by atomic mass is 35.5. The summed E-state index contributed by atoms with van der Waals surface area (Å²) in [5.74, 6) is 0.515. The molecule has 0 saturated carbocycles. The normalized spacial score (nSPS) is 14.0. The predicted octanol–water partition coefficient (Wildman–Crippen LogP) is 3.45. The number of halogens is 1. The van der Waals surface area contributed by atoms with Crippen LogP contribution in [0.1, 0.15) is 37.8 Å². The van der Waals surface area contributed by atoms with Crippen LogP contribution in [0, 0.1) is 6.92 Å². The SMILES string of the molecule is CCC(C)(CCl)NC(=O)CCc1cccc(C)c1. The number of amides is 1. The first-order chi connectivity index (χ1) is 8.49. The van der Waals surface area contributed by atoms with Crippen molar-refractivity contribution >= 4 is 17.5 Å². The van der Waals surface area contributed by atoms with Gasteiger partial charge in [0.25, 0.3) is 0 Å². The van der Waals surface area contributed by atoms with Gasteiger partial charge in [-0.3, -0.25) is 4.79 Å². The Morgan fingerprint density at radius 2 is 2.17 bits per heavy atom. The number of alkyl halides is 1. The second-order valence-electron chi connectivity index (χ2n) is 5.09. The van der Waals surface area contributed by atoms with E-state index in [1.54, 1.807) is 0 Å². The van der Waals surface area contributed by atoms with Crippen molar-refractivity contribution in [2.24, 2.45) is 0 Å². The van der Waals surface area contributed by atoms with E-state index >= 15 is 0 Å². The van der Waals surface area contributed by atoms with Crippen molar-refractivity contribution in [2.45, 2.75) is 45.6 Å². The molecule has 0 heterocycles. The van der Waals surface area contributed by atoms with Crippen LogP contribution >= 0.6 is 11.6 Å². The Bertz CT molecular complexity index is 399.